The van der Waals surface area contributed by atoms with Crippen molar-refractivity contribution in [2.24, 2.45) is 0 Å². The number of ether oxygens (including phenoxy) is 3. The first-order valence-electron chi connectivity index (χ1n) is 9.94. The van der Waals surface area contributed by atoms with Gasteiger partial charge in [0.1, 0.15) is 67.6 Å². The molecular weight excluding hydrogens is 460 g/mol. The van der Waals surface area contributed by atoms with Gasteiger partial charge in [-0.05, 0) is 0 Å². The van der Waals surface area contributed by atoms with E-state index in [4.69, 9.17) is 50.0 Å². The van der Waals surface area contributed by atoms with Gasteiger partial charge < -0.3 is 80.6 Å². The van der Waals surface area contributed by atoms with Crippen LogP contribution in [0.2, 0.25) is 0 Å². The van der Waals surface area contributed by atoms with Crippen molar-refractivity contribution in [1.82, 2.24) is 0 Å². The summed E-state index contributed by atoms with van der Waals surface area (Å²) in [5.41, 5.74) is 0. The number of hydrogen-bond acceptors (Lipinski definition) is 16. The van der Waals surface area contributed by atoms with Crippen molar-refractivity contribution < 1.29 is 80.6 Å². The van der Waals surface area contributed by atoms with Crippen molar-refractivity contribution >= 4 is 0 Å². The lowest BCUT2D eigenvalue weighted by Gasteiger charge is -2.43. The van der Waals surface area contributed by atoms with Gasteiger partial charge in [0.2, 0.25) is 5.79 Å². The van der Waals surface area contributed by atoms with Crippen LogP contribution in [-0.4, -0.2) is 173 Å². The van der Waals surface area contributed by atoms with Gasteiger partial charge in [-0.15, -0.1) is 0 Å². The minimum absolute atomic E-state index is 0.641. The molecule has 0 bridgehead atoms. The molecule has 2 aliphatic heterocycles. The molecule has 0 aliphatic carbocycles. The van der Waals surface area contributed by atoms with Gasteiger partial charge in [0.05, 0.1) is 26.4 Å². The molecule has 0 spiro atoms. The second-order valence-electron chi connectivity index (χ2n) is 7.55. The zero-order valence-electron chi connectivity index (χ0n) is 17.4. The number of rotatable bonds is 9. The molecule has 0 aromatic carbocycles. The molecule has 198 valence electrons. The summed E-state index contributed by atoms with van der Waals surface area (Å²) in [6.07, 6.45) is -16.9. The Hall–Kier alpha value is -0.640. The van der Waals surface area contributed by atoms with E-state index in [0.717, 1.165) is 0 Å². The fourth-order valence-corrected chi connectivity index (χ4v) is 3.10. The molecule has 2 fully saturated rings. The van der Waals surface area contributed by atoms with E-state index < -0.39 is 106 Å². The zero-order chi connectivity index (χ0) is 25.5. The van der Waals surface area contributed by atoms with E-state index in [-0.39, 0.29) is 0 Å². The van der Waals surface area contributed by atoms with Crippen LogP contribution in [0.25, 0.3) is 0 Å². The quantitative estimate of drug-likeness (QED) is 0.141. The lowest BCUT2D eigenvalue weighted by molar-refractivity contribution is -0.383. The monoisotopic (exact) mass is 494 g/mol. The molecule has 2 saturated heterocycles. The van der Waals surface area contributed by atoms with Crippen LogP contribution in [-0.2, 0) is 14.2 Å². The maximum atomic E-state index is 10.00. The molecule has 0 amide bonds. The van der Waals surface area contributed by atoms with Crippen molar-refractivity contribution in [3.05, 3.63) is 0 Å². The zero-order valence-corrected chi connectivity index (χ0v) is 17.4. The molecule has 10 unspecified atom stereocenters. The molecule has 0 saturated carbocycles. The van der Waals surface area contributed by atoms with Crippen LogP contribution in [0.15, 0.2) is 0 Å². The highest BCUT2D eigenvalue weighted by molar-refractivity contribution is 4.98. The fraction of sp³-hybridized carbons (Fsp3) is 1.00. The van der Waals surface area contributed by atoms with Gasteiger partial charge in [0.15, 0.2) is 6.29 Å². The van der Waals surface area contributed by atoms with E-state index >= 15 is 0 Å². The van der Waals surface area contributed by atoms with Crippen LogP contribution in [0, 0.1) is 0 Å². The highest BCUT2D eigenvalue weighted by Gasteiger charge is 2.58. The summed E-state index contributed by atoms with van der Waals surface area (Å²) in [6, 6.07) is 0. The summed E-state index contributed by atoms with van der Waals surface area (Å²) < 4.78 is 15.4. The SMILES string of the molecule is OCC1OC(OC2(CO)OC(CO)C(O)C2O)C(O)C(O)C1O.OC[C@@H](O)C(O)[C@@H](O)CO. The van der Waals surface area contributed by atoms with Gasteiger partial charge in [-0.2, -0.15) is 0 Å². The number of aliphatic hydroxyl groups is 13. The Morgan fingerprint density at radius 2 is 1.21 bits per heavy atom. The molecule has 2 rings (SSSR count). The maximum absolute atomic E-state index is 10.00. The van der Waals surface area contributed by atoms with Crippen molar-refractivity contribution in [3.63, 3.8) is 0 Å². The molecule has 16 nitrogen and oxygen atoms in total. The van der Waals surface area contributed by atoms with Crippen molar-refractivity contribution in [2.45, 2.75) is 73.1 Å². The topological polar surface area (TPSA) is 291 Å². The fourth-order valence-electron chi connectivity index (χ4n) is 3.10. The number of aliphatic hydroxyl groups excluding tert-OH is 13. The average molecular weight is 494 g/mol. The summed E-state index contributed by atoms with van der Waals surface area (Å²) in [7, 11) is 0. The summed E-state index contributed by atoms with van der Waals surface area (Å²) in [4.78, 5) is 0. The van der Waals surface area contributed by atoms with Gasteiger partial charge in [0.25, 0.3) is 0 Å². The van der Waals surface area contributed by atoms with Crippen LogP contribution >= 0.6 is 0 Å². The lowest BCUT2D eigenvalue weighted by atomic mass is 9.99. The molecule has 2 aliphatic rings. The molecule has 16 heteroatoms. The van der Waals surface area contributed by atoms with E-state index in [9.17, 15) is 30.6 Å². The average Bonchev–Trinajstić information content (AvgIpc) is 3.08. The summed E-state index contributed by atoms with van der Waals surface area (Å²) >= 11 is 0. The first kappa shape index (κ1) is 30.4. The predicted molar refractivity (Wildman–Crippen MR) is 101 cm³/mol. The Morgan fingerprint density at radius 3 is 1.61 bits per heavy atom. The summed E-state index contributed by atoms with van der Waals surface area (Å²) in [6.45, 7) is -3.60. The summed E-state index contributed by atoms with van der Waals surface area (Å²) in [5, 5.41) is 119. The first-order chi connectivity index (χ1) is 15.4. The Bertz CT molecular complexity index is 543. The van der Waals surface area contributed by atoms with Crippen LogP contribution in [0.1, 0.15) is 0 Å². The van der Waals surface area contributed by atoms with Gasteiger partial charge >= 0.3 is 0 Å². The minimum atomic E-state index is -2.22. The third-order valence-electron chi connectivity index (χ3n) is 5.23. The van der Waals surface area contributed by atoms with Gasteiger partial charge in [-0.25, -0.2) is 0 Å². The van der Waals surface area contributed by atoms with E-state index in [1.807, 2.05) is 0 Å². The third kappa shape index (κ3) is 6.95. The molecule has 12 atom stereocenters. The predicted octanol–water partition coefficient (Wildman–Crippen LogP) is -8.34. The van der Waals surface area contributed by atoms with E-state index in [0.29, 0.717) is 0 Å². The third-order valence-corrected chi connectivity index (χ3v) is 5.23. The molecule has 2 heterocycles. The van der Waals surface area contributed by atoms with Crippen molar-refractivity contribution in [2.75, 3.05) is 33.0 Å². The normalized spacial score (nSPS) is 41.7. The molecule has 0 aromatic rings. The Balaban J connectivity index is 0.000000461. The van der Waals surface area contributed by atoms with Gasteiger partial charge in [-0.3, -0.25) is 0 Å². The number of hydrogen-bond donors (Lipinski definition) is 13. The van der Waals surface area contributed by atoms with Crippen LogP contribution in [0.5, 0.6) is 0 Å². The molecule has 0 radical (unpaired) electrons. The van der Waals surface area contributed by atoms with Gasteiger partial charge in [0, 0.05) is 0 Å². The van der Waals surface area contributed by atoms with Crippen LogP contribution in [0.3, 0.4) is 0 Å². The van der Waals surface area contributed by atoms with E-state index in [2.05, 4.69) is 0 Å². The molecule has 33 heavy (non-hydrogen) atoms. The Morgan fingerprint density at radius 1 is 0.697 bits per heavy atom. The van der Waals surface area contributed by atoms with Crippen molar-refractivity contribution in [1.29, 1.82) is 0 Å². The lowest BCUT2D eigenvalue weighted by Crippen LogP contribution is -2.62. The second-order valence-corrected chi connectivity index (χ2v) is 7.55. The molecule has 13 N–H and O–H groups in total. The smallest absolute Gasteiger partial charge is 0.224 e. The van der Waals surface area contributed by atoms with E-state index in [1.54, 1.807) is 0 Å². The highest BCUT2D eigenvalue weighted by atomic mass is 16.8. The van der Waals surface area contributed by atoms with Gasteiger partial charge in [-0.1, -0.05) is 0 Å². The standard InChI is InChI=1S/C12H22O11.C5H12O5/c13-1-4-6(16)8(18)9(19)11(21-4)23-12(3-15)10(20)7(17)5(2-14)22-12;6-1-3(8)5(10)4(9)2-7/h4-11,13-20H,1-3H2;3-10H,1-2H2/t;3-,4+,5?. The molecule has 0 aromatic heterocycles. The highest BCUT2D eigenvalue weighted by Crippen LogP contribution is 2.35. The second kappa shape index (κ2) is 13.4. The Labute approximate surface area is 187 Å². The summed E-state index contributed by atoms with van der Waals surface area (Å²) in [5.74, 6) is -2.22. The largest absolute Gasteiger partial charge is 0.394 e. The molecular formula is C17H34O16. The van der Waals surface area contributed by atoms with Crippen LogP contribution in [0.4, 0.5) is 0 Å². The van der Waals surface area contributed by atoms with Crippen molar-refractivity contribution in [3.8, 4) is 0 Å². The Kier molecular flexibility index (Phi) is 12.4. The minimum Gasteiger partial charge on any atom is -0.394 e. The van der Waals surface area contributed by atoms with E-state index in [1.165, 1.54) is 0 Å². The first-order valence-corrected chi connectivity index (χ1v) is 9.94. The maximum Gasteiger partial charge on any atom is 0.224 e. The van der Waals surface area contributed by atoms with Crippen LogP contribution < -0.4 is 0 Å².